The molecular formula is C28H39N5O3. The molecule has 194 valence electrons. The number of aromatic nitrogens is 4. The van der Waals surface area contributed by atoms with Crippen molar-refractivity contribution >= 4 is 22.9 Å². The van der Waals surface area contributed by atoms with Crippen LogP contribution in [0.15, 0.2) is 18.6 Å². The number of imidazole rings is 1. The van der Waals surface area contributed by atoms with Crippen LogP contribution in [0.3, 0.4) is 0 Å². The third kappa shape index (κ3) is 4.60. The lowest BCUT2D eigenvalue weighted by atomic mass is 9.65. The first-order valence-electron chi connectivity index (χ1n) is 13.8. The molecule has 0 aromatic carbocycles. The minimum Gasteiger partial charge on any atom is -0.444 e. The van der Waals surface area contributed by atoms with Gasteiger partial charge in [-0.2, -0.15) is 0 Å². The zero-order valence-corrected chi connectivity index (χ0v) is 21.8. The maximum absolute atomic E-state index is 12.6. The van der Waals surface area contributed by atoms with Crippen molar-refractivity contribution in [2.24, 2.45) is 11.8 Å². The number of hydrogen-bond donors (Lipinski definition) is 2. The van der Waals surface area contributed by atoms with Crippen LogP contribution in [0.5, 0.6) is 0 Å². The summed E-state index contributed by atoms with van der Waals surface area (Å²) in [5.41, 5.74) is 5.00. The van der Waals surface area contributed by atoms with Gasteiger partial charge in [-0.15, -0.1) is 0 Å². The van der Waals surface area contributed by atoms with E-state index in [1.807, 2.05) is 27.0 Å². The van der Waals surface area contributed by atoms with Crippen molar-refractivity contribution in [1.82, 2.24) is 24.7 Å². The molecule has 8 nitrogen and oxygen atoms in total. The molecule has 2 saturated carbocycles. The van der Waals surface area contributed by atoms with Crippen LogP contribution < -0.4 is 5.32 Å². The summed E-state index contributed by atoms with van der Waals surface area (Å²) in [7, 11) is 0. The number of H-pyrrole nitrogens is 1. The SMILES string of the molecule is CC(C)(C)OC(=O)NC1CCC(c2cn3c(cnc4[nH]cc(C5CCOCC5)c43)n2)CC1C1CCC1. The van der Waals surface area contributed by atoms with Gasteiger partial charge in [0.05, 0.1) is 17.4 Å². The van der Waals surface area contributed by atoms with Crippen LogP contribution in [0.4, 0.5) is 4.79 Å². The maximum atomic E-state index is 12.6. The van der Waals surface area contributed by atoms with Gasteiger partial charge in [0.25, 0.3) is 0 Å². The van der Waals surface area contributed by atoms with Gasteiger partial charge in [-0.1, -0.05) is 19.3 Å². The van der Waals surface area contributed by atoms with E-state index in [2.05, 4.69) is 27.1 Å². The fraction of sp³-hybridized carbons (Fsp3) is 0.679. The van der Waals surface area contributed by atoms with Crippen LogP contribution in [-0.4, -0.2) is 50.3 Å². The highest BCUT2D eigenvalue weighted by atomic mass is 16.6. The Morgan fingerprint density at radius 3 is 2.67 bits per heavy atom. The Morgan fingerprint density at radius 2 is 1.94 bits per heavy atom. The second kappa shape index (κ2) is 9.36. The third-order valence-corrected chi connectivity index (χ3v) is 8.60. The van der Waals surface area contributed by atoms with E-state index in [4.69, 9.17) is 19.4 Å². The maximum Gasteiger partial charge on any atom is 0.407 e. The molecule has 6 rings (SSSR count). The molecule has 0 spiro atoms. The van der Waals surface area contributed by atoms with E-state index >= 15 is 0 Å². The highest BCUT2D eigenvalue weighted by molar-refractivity contribution is 5.79. The standard InChI is InChI=1S/C28H39N5O3/c1-28(2,3)36-27(34)32-22-8-7-19(13-20(22)17-5-4-6-17)23-16-33-24(31-23)15-30-26-25(33)21(14-29-26)18-9-11-35-12-10-18/h14-20,22,29H,4-13H2,1-3H3,(H,32,34). The topological polar surface area (TPSA) is 93.5 Å². The molecule has 36 heavy (non-hydrogen) atoms. The van der Waals surface area contributed by atoms with E-state index in [9.17, 15) is 4.79 Å². The van der Waals surface area contributed by atoms with Crippen molar-refractivity contribution in [2.75, 3.05) is 13.2 Å². The van der Waals surface area contributed by atoms with E-state index in [0.29, 0.717) is 23.7 Å². The molecular weight excluding hydrogens is 454 g/mol. The predicted octanol–water partition coefficient (Wildman–Crippen LogP) is 5.68. The van der Waals surface area contributed by atoms with Crippen molar-refractivity contribution < 1.29 is 14.3 Å². The number of carbonyl (C=O) groups is 1. The van der Waals surface area contributed by atoms with Gasteiger partial charge in [0.1, 0.15) is 5.60 Å². The minimum atomic E-state index is -0.481. The normalized spacial score (nSPS) is 26.2. The average molecular weight is 494 g/mol. The summed E-state index contributed by atoms with van der Waals surface area (Å²) in [4.78, 5) is 25.7. The molecule has 1 aliphatic heterocycles. The predicted molar refractivity (Wildman–Crippen MR) is 138 cm³/mol. The largest absolute Gasteiger partial charge is 0.444 e. The van der Waals surface area contributed by atoms with Gasteiger partial charge in [-0.3, -0.25) is 4.40 Å². The number of nitrogens with zero attached hydrogens (tertiary/aromatic N) is 3. The van der Waals surface area contributed by atoms with Crippen molar-refractivity contribution in [2.45, 2.75) is 95.6 Å². The molecule has 3 aliphatic rings. The molecule has 3 aromatic rings. The summed E-state index contributed by atoms with van der Waals surface area (Å²) in [6.45, 7) is 7.39. The van der Waals surface area contributed by atoms with Gasteiger partial charge in [0, 0.05) is 37.6 Å². The molecule has 3 unspecified atom stereocenters. The van der Waals surface area contributed by atoms with E-state index < -0.39 is 5.60 Å². The number of ether oxygens (including phenoxy) is 2. The smallest absolute Gasteiger partial charge is 0.407 e. The first-order valence-corrected chi connectivity index (χ1v) is 13.8. The number of fused-ring (bicyclic) bond motifs is 3. The van der Waals surface area contributed by atoms with Crippen molar-refractivity contribution in [3.8, 4) is 0 Å². The highest BCUT2D eigenvalue weighted by Gasteiger charge is 2.40. The molecule has 1 amide bonds. The number of carbonyl (C=O) groups excluding carboxylic acids is 1. The van der Waals surface area contributed by atoms with Gasteiger partial charge in [0.2, 0.25) is 0 Å². The lowest BCUT2D eigenvalue weighted by Crippen LogP contribution is -2.48. The molecule has 3 aromatic heterocycles. The number of alkyl carbamates (subject to hydrolysis) is 1. The number of nitrogens with one attached hydrogen (secondary N) is 2. The molecule has 4 heterocycles. The number of rotatable bonds is 4. The molecule has 2 N–H and O–H groups in total. The molecule has 1 saturated heterocycles. The van der Waals surface area contributed by atoms with Crippen molar-refractivity contribution in [1.29, 1.82) is 0 Å². The van der Waals surface area contributed by atoms with Crippen molar-refractivity contribution in [3.05, 3.63) is 29.8 Å². The summed E-state index contributed by atoms with van der Waals surface area (Å²) >= 11 is 0. The summed E-state index contributed by atoms with van der Waals surface area (Å²) < 4.78 is 13.4. The van der Waals surface area contributed by atoms with Crippen LogP contribution in [0.2, 0.25) is 0 Å². The second-order valence-electron chi connectivity index (χ2n) is 12.1. The van der Waals surface area contributed by atoms with Gasteiger partial charge in [-0.05, 0) is 76.2 Å². The Morgan fingerprint density at radius 1 is 1.14 bits per heavy atom. The summed E-state index contributed by atoms with van der Waals surface area (Å²) in [5, 5.41) is 3.23. The van der Waals surface area contributed by atoms with E-state index in [1.165, 1.54) is 24.8 Å². The Bertz CT molecular complexity index is 1230. The fourth-order valence-corrected chi connectivity index (χ4v) is 6.59. The summed E-state index contributed by atoms with van der Waals surface area (Å²) in [6.07, 6.45) is 14.9. The Kier molecular flexibility index (Phi) is 6.18. The second-order valence-corrected chi connectivity index (χ2v) is 12.1. The van der Waals surface area contributed by atoms with E-state index in [-0.39, 0.29) is 12.1 Å². The lowest BCUT2D eigenvalue weighted by Gasteiger charge is -2.44. The van der Waals surface area contributed by atoms with Gasteiger partial charge < -0.3 is 19.8 Å². The molecule has 2 aliphatic carbocycles. The van der Waals surface area contributed by atoms with E-state index in [1.54, 1.807) is 0 Å². The Balaban J connectivity index is 1.25. The summed E-state index contributed by atoms with van der Waals surface area (Å²) in [6, 6.07) is 0.177. The number of aromatic amines is 1. The van der Waals surface area contributed by atoms with Gasteiger partial charge in [0.15, 0.2) is 11.3 Å². The first kappa shape index (κ1) is 23.8. The van der Waals surface area contributed by atoms with Crippen molar-refractivity contribution in [3.63, 3.8) is 0 Å². The van der Waals surface area contributed by atoms with Crippen LogP contribution in [0.1, 0.15) is 95.2 Å². The fourth-order valence-electron chi connectivity index (χ4n) is 6.59. The monoisotopic (exact) mass is 493 g/mol. The zero-order chi connectivity index (χ0) is 24.9. The zero-order valence-electron chi connectivity index (χ0n) is 21.8. The molecule has 3 fully saturated rings. The van der Waals surface area contributed by atoms with Gasteiger partial charge >= 0.3 is 6.09 Å². The van der Waals surface area contributed by atoms with Crippen LogP contribution in [-0.2, 0) is 9.47 Å². The first-order chi connectivity index (χ1) is 17.4. The van der Waals surface area contributed by atoms with Crippen LogP contribution >= 0.6 is 0 Å². The quantitative estimate of drug-likeness (QED) is 0.488. The molecule has 8 heteroatoms. The third-order valence-electron chi connectivity index (χ3n) is 8.60. The Hall–Kier alpha value is -2.61. The Labute approximate surface area is 212 Å². The summed E-state index contributed by atoms with van der Waals surface area (Å²) in [5.74, 6) is 2.04. The number of hydrogen-bond acceptors (Lipinski definition) is 5. The van der Waals surface area contributed by atoms with E-state index in [0.717, 1.165) is 67.8 Å². The van der Waals surface area contributed by atoms with Gasteiger partial charge in [-0.25, -0.2) is 14.8 Å². The van der Waals surface area contributed by atoms with Crippen LogP contribution in [0.25, 0.3) is 16.8 Å². The molecule has 3 atom stereocenters. The molecule has 0 bridgehead atoms. The average Bonchev–Trinajstić information content (AvgIpc) is 3.42. The van der Waals surface area contributed by atoms with Crippen LogP contribution in [0, 0.1) is 11.8 Å². The number of amides is 1. The molecule has 0 radical (unpaired) electrons. The highest BCUT2D eigenvalue weighted by Crippen LogP contribution is 2.46. The lowest BCUT2D eigenvalue weighted by molar-refractivity contribution is 0.0402. The minimum absolute atomic E-state index is 0.177.